The standard InChI is InChI=1S/C18H15F4N3O3/c1-24-9-12(10-4-6-11(7-5-10)18(20,21)22)14(17(24)27)16(26)23-13-3-2-8-25(28)15(13)19/h2-8,12,14H,9H2,1H3,(H-,23,26,28)/p+1/t12-,14+/m1/s1. The Bertz CT molecular complexity index is 915. The summed E-state index contributed by atoms with van der Waals surface area (Å²) in [5.41, 5.74) is -0.783. The highest BCUT2D eigenvalue weighted by molar-refractivity contribution is 6.08. The van der Waals surface area contributed by atoms with Gasteiger partial charge in [-0.25, -0.2) is 0 Å². The Morgan fingerprint density at radius 2 is 1.89 bits per heavy atom. The lowest BCUT2D eigenvalue weighted by atomic mass is 9.87. The first-order chi connectivity index (χ1) is 13.1. The molecule has 1 aromatic carbocycles. The van der Waals surface area contributed by atoms with Crippen LogP contribution in [-0.4, -0.2) is 35.5 Å². The fourth-order valence-electron chi connectivity index (χ4n) is 3.19. The second-order valence-electron chi connectivity index (χ2n) is 6.47. The van der Waals surface area contributed by atoms with Gasteiger partial charge in [-0.15, -0.1) is 4.39 Å². The average molecular weight is 398 g/mol. The van der Waals surface area contributed by atoms with Crippen molar-refractivity contribution in [2.24, 2.45) is 5.92 Å². The van der Waals surface area contributed by atoms with Crippen LogP contribution in [0.2, 0.25) is 0 Å². The lowest BCUT2D eigenvalue weighted by Crippen LogP contribution is -2.37. The Balaban J connectivity index is 1.88. The van der Waals surface area contributed by atoms with E-state index in [1.807, 2.05) is 0 Å². The number of hydrogen-bond donors (Lipinski definition) is 2. The van der Waals surface area contributed by atoms with E-state index in [0.717, 1.165) is 18.3 Å². The number of anilines is 1. The number of amides is 2. The van der Waals surface area contributed by atoms with Gasteiger partial charge in [-0.2, -0.15) is 13.2 Å². The molecule has 1 aliphatic rings. The zero-order chi connectivity index (χ0) is 20.6. The zero-order valence-corrected chi connectivity index (χ0v) is 14.6. The van der Waals surface area contributed by atoms with Crippen LogP contribution in [0.3, 0.4) is 0 Å². The summed E-state index contributed by atoms with van der Waals surface area (Å²) >= 11 is 0. The van der Waals surface area contributed by atoms with Gasteiger partial charge >= 0.3 is 12.1 Å². The van der Waals surface area contributed by atoms with Gasteiger partial charge in [0.2, 0.25) is 18.0 Å². The first-order valence-electron chi connectivity index (χ1n) is 8.22. The number of benzene rings is 1. The Labute approximate surface area is 157 Å². The van der Waals surface area contributed by atoms with Gasteiger partial charge in [0, 0.05) is 30.3 Å². The van der Waals surface area contributed by atoms with E-state index in [0.29, 0.717) is 5.56 Å². The molecule has 2 N–H and O–H groups in total. The fourth-order valence-corrected chi connectivity index (χ4v) is 3.19. The summed E-state index contributed by atoms with van der Waals surface area (Å²) in [6.45, 7) is 0.125. The van der Waals surface area contributed by atoms with Gasteiger partial charge in [-0.05, 0) is 23.8 Å². The number of pyridine rings is 1. The van der Waals surface area contributed by atoms with Crippen LogP contribution in [-0.2, 0) is 15.8 Å². The monoisotopic (exact) mass is 398 g/mol. The van der Waals surface area contributed by atoms with Crippen molar-refractivity contribution in [3.05, 3.63) is 59.7 Å². The molecule has 3 rings (SSSR count). The highest BCUT2D eigenvalue weighted by Crippen LogP contribution is 2.36. The van der Waals surface area contributed by atoms with Crippen molar-refractivity contribution in [1.82, 2.24) is 4.90 Å². The molecule has 1 aliphatic heterocycles. The van der Waals surface area contributed by atoms with Crippen LogP contribution in [0.25, 0.3) is 0 Å². The molecule has 148 valence electrons. The second-order valence-corrected chi connectivity index (χ2v) is 6.47. The molecule has 28 heavy (non-hydrogen) atoms. The third-order valence-electron chi connectivity index (χ3n) is 4.64. The lowest BCUT2D eigenvalue weighted by Gasteiger charge is -2.17. The normalized spacial score (nSPS) is 19.8. The number of hydrogen-bond acceptors (Lipinski definition) is 3. The molecule has 1 aromatic heterocycles. The molecule has 0 spiro atoms. The van der Waals surface area contributed by atoms with E-state index in [4.69, 9.17) is 0 Å². The van der Waals surface area contributed by atoms with Crippen molar-refractivity contribution in [3.63, 3.8) is 0 Å². The number of aromatic nitrogens is 1. The number of halogens is 4. The largest absolute Gasteiger partial charge is 0.431 e. The minimum absolute atomic E-state index is 0.125. The summed E-state index contributed by atoms with van der Waals surface area (Å²) in [6, 6.07) is 6.72. The predicted molar refractivity (Wildman–Crippen MR) is 87.7 cm³/mol. The van der Waals surface area contributed by atoms with Crippen LogP contribution in [0.1, 0.15) is 17.0 Å². The van der Waals surface area contributed by atoms with Gasteiger partial charge in [0.25, 0.3) is 0 Å². The molecule has 1 saturated heterocycles. The Kier molecular flexibility index (Phi) is 4.97. The SMILES string of the molecule is CN1C[C@H](c2ccc(C(F)(F)F)cc2)[C@@H](C(=O)Nc2ccc[n+](O)c2F)C1=O. The summed E-state index contributed by atoms with van der Waals surface area (Å²) in [4.78, 5) is 26.4. The van der Waals surface area contributed by atoms with E-state index in [1.54, 1.807) is 0 Å². The Hall–Kier alpha value is -3.17. The molecule has 1 fully saturated rings. The predicted octanol–water partition coefficient (Wildman–Crippen LogP) is 2.18. The van der Waals surface area contributed by atoms with Crippen molar-refractivity contribution in [2.75, 3.05) is 18.9 Å². The highest BCUT2D eigenvalue weighted by Gasteiger charge is 2.45. The zero-order valence-electron chi connectivity index (χ0n) is 14.6. The summed E-state index contributed by atoms with van der Waals surface area (Å²) in [5.74, 6) is -4.41. The lowest BCUT2D eigenvalue weighted by molar-refractivity contribution is -0.923. The van der Waals surface area contributed by atoms with Gasteiger partial charge in [0.05, 0.1) is 5.56 Å². The van der Waals surface area contributed by atoms with Crippen LogP contribution in [0.5, 0.6) is 0 Å². The Morgan fingerprint density at radius 1 is 1.25 bits per heavy atom. The minimum Gasteiger partial charge on any atom is -0.344 e. The van der Waals surface area contributed by atoms with Crippen LogP contribution in [0, 0.1) is 11.9 Å². The summed E-state index contributed by atoms with van der Waals surface area (Å²) in [5, 5.41) is 11.6. The smallest absolute Gasteiger partial charge is 0.344 e. The molecule has 0 aliphatic carbocycles. The molecule has 0 unspecified atom stereocenters. The minimum atomic E-state index is -4.50. The number of nitrogens with zero attached hydrogens (tertiary/aromatic N) is 2. The number of likely N-dealkylation sites (tertiary alicyclic amines) is 1. The molecule has 0 bridgehead atoms. The van der Waals surface area contributed by atoms with Crippen molar-refractivity contribution in [3.8, 4) is 0 Å². The quantitative estimate of drug-likeness (QED) is 0.274. The molecule has 6 nitrogen and oxygen atoms in total. The molecule has 0 radical (unpaired) electrons. The molecular formula is C18H16F4N3O3+. The number of carbonyl (C=O) groups is 2. The van der Waals surface area contributed by atoms with Crippen LogP contribution >= 0.6 is 0 Å². The third-order valence-corrected chi connectivity index (χ3v) is 4.64. The molecule has 2 aromatic rings. The molecule has 2 amide bonds. The number of carbonyl (C=O) groups excluding carboxylic acids is 2. The molecular weight excluding hydrogens is 382 g/mol. The van der Waals surface area contributed by atoms with Gasteiger partial charge < -0.3 is 10.2 Å². The van der Waals surface area contributed by atoms with Crippen molar-refractivity contribution < 1.29 is 37.1 Å². The molecule has 2 atom stereocenters. The van der Waals surface area contributed by atoms with Gasteiger partial charge in [-0.1, -0.05) is 12.1 Å². The topological polar surface area (TPSA) is 73.5 Å². The number of alkyl halides is 3. The van der Waals surface area contributed by atoms with Crippen molar-refractivity contribution in [1.29, 1.82) is 0 Å². The molecule has 10 heteroatoms. The maximum Gasteiger partial charge on any atom is 0.431 e. The second kappa shape index (κ2) is 7.10. The first-order valence-corrected chi connectivity index (χ1v) is 8.22. The van der Waals surface area contributed by atoms with E-state index in [2.05, 4.69) is 5.32 Å². The van der Waals surface area contributed by atoms with E-state index in [1.165, 1.54) is 36.2 Å². The summed E-state index contributed by atoms with van der Waals surface area (Å²) < 4.78 is 52.3. The van der Waals surface area contributed by atoms with E-state index < -0.39 is 41.3 Å². The highest BCUT2D eigenvalue weighted by atomic mass is 19.4. The van der Waals surface area contributed by atoms with E-state index in [9.17, 15) is 32.4 Å². The van der Waals surface area contributed by atoms with Crippen molar-refractivity contribution >= 4 is 17.5 Å². The van der Waals surface area contributed by atoms with Crippen LogP contribution in [0.15, 0.2) is 42.6 Å². The third kappa shape index (κ3) is 3.62. The van der Waals surface area contributed by atoms with Crippen LogP contribution in [0.4, 0.5) is 23.2 Å². The van der Waals surface area contributed by atoms with Crippen LogP contribution < -0.4 is 10.0 Å². The number of nitrogens with one attached hydrogen (secondary N) is 1. The summed E-state index contributed by atoms with van der Waals surface area (Å²) in [7, 11) is 1.47. The van der Waals surface area contributed by atoms with Gasteiger partial charge in [0.1, 0.15) is 5.92 Å². The maximum absolute atomic E-state index is 13.9. The van der Waals surface area contributed by atoms with Gasteiger partial charge in [-0.3, -0.25) is 14.8 Å². The van der Waals surface area contributed by atoms with E-state index in [-0.39, 0.29) is 17.0 Å². The fraction of sp³-hybridized carbons (Fsp3) is 0.278. The van der Waals surface area contributed by atoms with Gasteiger partial charge in [0.15, 0.2) is 5.69 Å². The number of likely N-dealkylation sites (N-methyl/N-ethyl adjacent to an activating group) is 1. The van der Waals surface area contributed by atoms with Crippen molar-refractivity contribution in [2.45, 2.75) is 12.1 Å². The Morgan fingerprint density at radius 3 is 2.50 bits per heavy atom. The average Bonchev–Trinajstić information content (AvgIpc) is 2.93. The first kappa shape index (κ1) is 19.6. The maximum atomic E-state index is 13.9. The number of rotatable bonds is 3. The molecule has 0 saturated carbocycles. The molecule has 2 heterocycles. The van der Waals surface area contributed by atoms with E-state index >= 15 is 0 Å². The summed E-state index contributed by atoms with van der Waals surface area (Å²) in [6.07, 6.45) is -3.48.